The molecule has 2 N–H and O–H groups in total. The van der Waals surface area contributed by atoms with E-state index in [1.54, 1.807) is 6.07 Å². The lowest BCUT2D eigenvalue weighted by Gasteiger charge is -2.17. The molecule has 1 aromatic carbocycles. The van der Waals surface area contributed by atoms with Gasteiger partial charge >= 0.3 is 0 Å². The van der Waals surface area contributed by atoms with Crippen molar-refractivity contribution in [3.63, 3.8) is 0 Å². The van der Waals surface area contributed by atoms with Crippen molar-refractivity contribution in [2.24, 2.45) is 0 Å². The highest BCUT2D eigenvalue weighted by molar-refractivity contribution is 8.93. The number of amidine groups is 1. The second-order valence-electron chi connectivity index (χ2n) is 3.46. The molecule has 0 bridgehead atoms. The third-order valence-corrected chi connectivity index (χ3v) is 2.37. The fourth-order valence-electron chi connectivity index (χ4n) is 1.64. The van der Waals surface area contributed by atoms with Gasteiger partial charge in [-0.05, 0) is 5.56 Å². The van der Waals surface area contributed by atoms with Crippen molar-refractivity contribution in [3.8, 4) is 6.07 Å². The Labute approximate surface area is 109 Å². The summed E-state index contributed by atoms with van der Waals surface area (Å²) in [6.07, 6.45) is -0.194. The molecule has 0 aliphatic carbocycles. The van der Waals surface area contributed by atoms with Gasteiger partial charge in [0.2, 0.25) is 0 Å². The molecule has 0 unspecified atom stereocenters. The third-order valence-electron chi connectivity index (χ3n) is 2.37. The van der Waals surface area contributed by atoms with Crippen molar-refractivity contribution in [1.29, 1.82) is 10.7 Å². The van der Waals surface area contributed by atoms with Crippen LogP contribution in [0.25, 0.3) is 0 Å². The van der Waals surface area contributed by atoms with Gasteiger partial charge in [0.25, 0.3) is 5.91 Å². The number of benzene rings is 1. The van der Waals surface area contributed by atoms with Gasteiger partial charge in [-0.2, -0.15) is 5.26 Å². The van der Waals surface area contributed by atoms with Crippen LogP contribution in [0.5, 0.6) is 0 Å². The Morgan fingerprint density at radius 1 is 1.53 bits per heavy atom. The van der Waals surface area contributed by atoms with E-state index in [9.17, 15) is 4.79 Å². The molecule has 1 aromatic rings. The van der Waals surface area contributed by atoms with Crippen LogP contribution in [0.2, 0.25) is 0 Å². The van der Waals surface area contributed by atoms with E-state index in [0.29, 0.717) is 6.54 Å². The standard InChI is InChI=1S/C11H10N4O.BrH/c12-6-5-10(16)14-15-7-8-3-1-2-4-9(8)11(15)13;/h1-4,13H,5,7H2,(H,14,16);1H. The molecular formula is C11H11BrN4O. The highest BCUT2D eigenvalue weighted by atomic mass is 79.9. The first kappa shape index (κ1) is 13.2. The van der Waals surface area contributed by atoms with Crippen LogP contribution < -0.4 is 5.43 Å². The first-order valence-electron chi connectivity index (χ1n) is 4.83. The van der Waals surface area contributed by atoms with E-state index in [-0.39, 0.29) is 35.1 Å². The molecule has 1 aliphatic heterocycles. The van der Waals surface area contributed by atoms with Gasteiger partial charge in [-0.1, -0.05) is 24.3 Å². The van der Waals surface area contributed by atoms with Crippen molar-refractivity contribution in [1.82, 2.24) is 10.4 Å². The van der Waals surface area contributed by atoms with Crippen LogP contribution in [0.15, 0.2) is 24.3 Å². The number of nitrogens with one attached hydrogen (secondary N) is 2. The van der Waals surface area contributed by atoms with E-state index >= 15 is 0 Å². The Hall–Kier alpha value is -1.87. The normalized spacial score (nSPS) is 12.4. The predicted molar refractivity (Wildman–Crippen MR) is 67.5 cm³/mol. The summed E-state index contributed by atoms with van der Waals surface area (Å²) in [5.74, 6) is -0.123. The van der Waals surface area contributed by atoms with Gasteiger partial charge in [0.05, 0.1) is 12.6 Å². The summed E-state index contributed by atoms with van der Waals surface area (Å²) in [4.78, 5) is 11.2. The molecule has 5 nitrogen and oxygen atoms in total. The summed E-state index contributed by atoms with van der Waals surface area (Å²) in [5, 5.41) is 17.7. The van der Waals surface area contributed by atoms with Crippen molar-refractivity contribution < 1.29 is 4.79 Å². The molecule has 0 saturated carbocycles. The van der Waals surface area contributed by atoms with Gasteiger partial charge < -0.3 is 0 Å². The van der Waals surface area contributed by atoms with E-state index < -0.39 is 0 Å². The molecule has 0 spiro atoms. The van der Waals surface area contributed by atoms with Crippen LogP contribution in [0.1, 0.15) is 17.5 Å². The van der Waals surface area contributed by atoms with E-state index in [1.807, 2.05) is 24.3 Å². The van der Waals surface area contributed by atoms with Crippen molar-refractivity contribution >= 4 is 28.7 Å². The molecule has 0 fully saturated rings. The minimum atomic E-state index is -0.389. The molecule has 0 radical (unpaired) electrons. The number of nitriles is 1. The fraction of sp³-hybridized carbons (Fsp3) is 0.182. The predicted octanol–water partition coefficient (Wildman–Crippen LogP) is 1.35. The highest BCUT2D eigenvalue weighted by Crippen LogP contribution is 2.20. The van der Waals surface area contributed by atoms with E-state index in [4.69, 9.17) is 10.7 Å². The maximum atomic E-state index is 11.2. The maximum absolute atomic E-state index is 11.2. The summed E-state index contributed by atoms with van der Waals surface area (Å²) in [5.41, 5.74) is 4.35. The number of hydrogen-bond donors (Lipinski definition) is 2. The second-order valence-corrected chi connectivity index (χ2v) is 3.46. The topological polar surface area (TPSA) is 80.0 Å². The number of rotatable bonds is 2. The van der Waals surface area contributed by atoms with Gasteiger partial charge in [0.15, 0.2) is 0 Å². The van der Waals surface area contributed by atoms with Crippen molar-refractivity contribution in [3.05, 3.63) is 35.4 Å². The van der Waals surface area contributed by atoms with Crippen molar-refractivity contribution in [2.75, 3.05) is 0 Å². The quantitative estimate of drug-likeness (QED) is 0.864. The minimum absolute atomic E-state index is 0. The summed E-state index contributed by atoms with van der Waals surface area (Å²) in [6.45, 7) is 0.478. The number of hydrogen-bond acceptors (Lipinski definition) is 3. The average Bonchev–Trinajstić information content (AvgIpc) is 2.57. The first-order chi connectivity index (χ1) is 7.72. The zero-order valence-corrected chi connectivity index (χ0v) is 10.6. The molecule has 88 valence electrons. The first-order valence-corrected chi connectivity index (χ1v) is 4.83. The molecule has 1 amide bonds. The largest absolute Gasteiger partial charge is 0.283 e. The van der Waals surface area contributed by atoms with Gasteiger partial charge in [-0.25, -0.2) is 0 Å². The van der Waals surface area contributed by atoms with Crippen molar-refractivity contribution in [2.45, 2.75) is 13.0 Å². The van der Waals surface area contributed by atoms with Gasteiger partial charge in [-0.15, -0.1) is 17.0 Å². The van der Waals surface area contributed by atoms with E-state index in [1.165, 1.54) is 5.01 Å². The van der Waals surface area contributed by atoms with Crippen LogP contribution >= 0.6 is 17.0 Å². The lowest BCUT2D eigenvalue weighted by atomic mass is 10.1. The molecular weight excluding hydrogens is 284 g/mol. The molecule has 1 heterocycles. The van der Waals surface area contributed by atoms with Crippen LogP contribution in [0.4, 0.5) is 0 Å². The van der Waals surface area contributed by atoms with Crippen LogP contribution in [-0.4, -0.2) is 16.8 Å². The number of carbonyl (C=O) groups excluding carboxylic acids is 1. The summed E-state index contributed by atoms with van der Waals surface area (Å²) in [6, 6.07) is 9.28. The van der Waals surface area contributed by atoms with Crippen LogP contribution in [-0.2, 0) is 11.3 Å². The Bertz CT molecular complexity index is 494. The molecule has 17 heavy (non-hydrogen) atoms. The van der Waals surface area contributed by atoms with Gasteiger partial charge in [-0.3, -0.25) is 20.6 Å². The number of fused-ring (bicyclic) bond motifs is 1. The SMILES string of the molecule is Br.N#CCC(=O)NN1Cc2ccccc2C1=N. The summed E-state index contributed by atoms with van der Waals surface area (Å²) in [7, 11) is 0. The molecule has 0 atom stereocenters. The monoisotopic (exact) mass is 294 g/mol. The molecule has 0 aromatic heterocycles. The number of carbonyl (C=O) groups is 1. The van der Waals surface area contributed by atoms with E-state index in [0.717, 1.165) is 11.1 Å². The fourth-order valence-corrected chi connectivity index (χ4v) is 1.64. The minimum Gasteiger partial charge on any atom is -0.283 e. The average molecular weight is 295 g/mol. The summed E-state index contributed by atoms with van der Waals surface area (Å²) < 4.78 is 0. The Morgan fingerprint density at radius 3 is 2.88 bits per heavy atom. The zero-order chi connectivity index (χ0) is 11.5. The zero-order valence-electron chi connectivity index (χ0n) is 8.93. The second kappa shape index (κ2) is 5.46. The van der Waals surface area contributed by atoms with Gasteiger partial charge in [0.1, 0.15) is 12.3 Å². The Balaban J connectivity index is 0.00000144. The third kappa shape index (κ3) is 2.63. The molecule has 0 saturated heterocycles. The van der Waals surface area contributed by atoms with E-state index in [2.05, 4.69) is 5.43 Å². The lowest BCUT2D eigenvalue weighted by molar-refractivity contribution is -0.123. The number of hydrazine groups is 1. The number of nitrogens with zero attached hydrogens (tertiary/aromatic N) is 2. The highest BCUT2D eigenvalue weighted by Gasteiger charge is 2.24. The van der Waals surface area contributed by atoms with Gasteiger partial charge in [0, 0.05) is 5.56 Å². The smallest absolute Gasteiger partial charge is 0.252 e. The Kier molecular flexibility index (Phi) is 4.24. The molecule has 1 aliphatic rings. The molecule has 2 rings (SSSR count). The Morgan fingerprint density at radius 2 is 2.24 bits per heavy atom. The molecule has 6 heteroatoms. The maximum Gasteiger partial charge on any atom is 0.252 e. The lowest BCUT2D eigenvalue weighted by Crippen LogP contribution is -2.42. The summed E-state index contributed by atoms with van der Waals surface area (Å²) >= 11 is 0. The number of amides is 1. The number of halogens is 1. The van der Waals surface area contributed by atoms with Crippen LogP contribution in [0, 0.1) is 16.7 Å². The van der Waals surface area contributed by atoms with Crippen LogP contribution in [0.3, 0.4) is 0 Å².